The number of carbonyl (C=O) groups excluding carboxylic acids is 1. The van der Waals surface area contributed by atoms with E-state index in [1.807, 2.05) is 32.3 Å². The molecule has 1 aliphatic heterocycles. The first-order valence-corrected chi connectivity index (χ1v) is 8.18. The smallest absolute Gasteiger partial charge is 0.410 e. The van der Waals surface area contributed by atoms with Crippen molar-refractivity contribution in [3.8, 4) is 5.88 Å². The summed E-state index contributed by atoms with van der Waals surface area (Å²) in [5.74, 6) is 0.461. The second-order valence-corrected chi connectivity index (χ2v) is 6.84. The Morgan fingerprint density at radius 1 is 1.33 bits per heavy atom. The van der Waals surface area contributed by atoms with Gasteiger partial charge in [0.1, 0.15) is 18.0 Å². The van der Waals surface area contributed by atoms with E-state index in [9.17, 15) is 4.79 Å². The Kier molecular flexibility index (Phi) is 4.29. The van der Waals surface area contributed by atoms with E-state index in [1.54, 1.807) is 11.2 Å². The molecule has 1 aliphatic rings. The van der Waals surface area contributed by atoms with Crippen molar-refractivity contribution in [3.05, 3.63) is 12.7 Å². The maximum Gasteiger partial charge on any atom is 0.410 e. The van der Waals surface area contributed by atoms with Crippen molar-refractivity contribution in [1.82, 2.24) is 24.4 Å². The van der Waals surface area contributed by atoms with Gasteiger partial charge in [-0.15, -0.1) is 0 Å². The Morgan fingerprint density at radius 2 is 2.12 bits per heavy atom. The molecule has 0 radical (unpaired) electrons. The SMILES string of the molecule is CCn1cnc2c(OC3CCN(C(=O)OC(C)(C)C)C3)ncnc21. The van der Waals surface area contributed by atoms with Crippen molar-refractivity contribution in [3.63, 3.8) is 0 Å². The molecule has 8 heteroatoms. The van der Waals surface area contributed by atoms with Crippen LogP contribution >= 0.6 is 0 Å². The molecular formula is C16H23N5O3. The molecule has 0 aromatic carbocycles. The van der Waals surface area contributed by atoms with Crippen LogP contribution in [0.1, 0.15) is 34.1 Å². The highest BCUT2D eigenvalue weighted by atomic mass is 16.6. The lowest BCUT2D eigenvalue weighted by molar-refractivity contribution is 0.0275. The molecule has 0 bridgehead atoms. The van der Waals surface area contributed by atoms with E-state index in [1.165, 1.54) is 6.33 Å². The van der Waals surface area contributed by atoms with Gasteiger partial charge in [0, 0.05) is 19.5 Å². The lowest BCUT2D eigenvalue weighted by Gasteiger charge is -2.24. The quantitative estimate of drug-likeness (QED) is 0.856. The number of fused-ring (bicyclic) bond motifs is 1. The van der Waals surface area contributed by atoms with E-state index < -0.39 is 5.60 Å². The van der Waals surface area contributed by atoms with Gasteiger partial charge in [-0.2, -0.15) is 4.98 Å². The van der Waals surface area contributed by atoms with Crippen LogP contribution in [0.4, 0.5) is 4.79 Å². The Labute approximate surface area is 140 Å². The van der Waals surface area contributed by atoms with Crippen LogP contribution in [-0.2, 0) is 11.3 Å². The minimum absolute atomic E-state index is 0.123. The normalized spacial score (nSPS) is 18.2. The van der Waals surface area contributed by atoms with Gasteiger partial charge in [0.2, 0.25) is 5.88 Å². The molecule has 2 aromatic heterocycles. The lowest BCUT2D eigenvalue weighted by Crippen LogP contribution is -2.36. The van der Waals surface area contributed by atoms with Crippen molar-refractivity contribution < 1.29 is 14.3 Å². The number of hydrogen-bond donors (Lipinski definition) is 0. The minimum Gasteiger partial charge on any atom is -0.471 e. The topological polar surface area (TPSA) is 82.4 Å². The molecule has 24 heavy (non-hydrogen) atoms. The van der Waals surface area contributed by atoms with E-state index in [0.717, 1.165) is 18.6 Å². The van der Waals surface area contributed by atoms with E-state index in [4.69, 9.17) is 9.47 Å². The van der Waals surface area contributed by atoms with Crippen LogP contribution < -0.4 is 4.74 Å². The summed E-state index contributed by atoms with van der Waals surface area (Å²) in [5.41, 5.74) is 0.904. The largest absolute Gasteiger partial charge is 0.471 e. The minimum atomic E-state index is -0.498. The second-order valence-electron chi connectivity index (χ2n) is 6.84. The Balaban J connectivity index is 1.68. The fourth-order valence-electron chi connectivity index (χ4n) is 2.65. The lowest BCUT2D eigenvalue weighted by atomic mass is 10.2. The zero-order chi connectivity index (χ0) is 17.3. The van der Waals surface area contributed by atoms with Gasteiger partial charge in [0.05, 0.1) is 12.9 Å². The summed E-state index contributed by atoms with van der Waals surface area (Å²) in [4.78, 5) is 26.6. The van der Waals surface area contributed by atoms with Crippen LogP contribution in [0.2, 0.25) is 0 Å². The Morgan fingerprint density at radius 3 is 2.83 bits per heavy atom. The summed E-state index contributed by atoms with van der Waals surface area (Å²) in [6, 6.07) is 0. The van der Waals surface area contributed by atoms with Crippen LogP contribution in [0, 0.1) is 0 Å². The third kappa shape index (κ3) is 3.42. The van der Waals surface area contributed by atoms with E-state index >= 15 is 0 Å². The predicted octanol–water partition coefficient (Wildman–Crippen LogP) is 2.23. The fourth-order valence-corrected chi connectivity index (χ4v) is 2.65. The molecule has 130 valence electrons. The summed E-state index contributed by atoms with van der Waals surface area (Å²) in [7, 11) is 0. The Hall–Kier alpha value is -2.38. The molecule has 1 amide bonds. The van der Waals surface area contributed by atoms with Crippen molar-refractivity contribution >= 4 is 17.3 Å². The van der Waals surface area contributed by atoms with Crippen LogP contribution in [0.3, 0.4) is 0 Å². The summed E-state index contributed by atoms with van der Waals surface area (Å²) in [6.07, 6.45) is 3.51. The molecular weight excluding hydrogens is 310 g/mol. The van der Waals surface area contributed by atoms with Crippen LogP contribution in [0.25, 0.3) is 11.2 Å². The van der Waals surface area contributed by atoms with Gasteiger partial charge in [-0.3, -0.25) is 0 Å². The van der Waals surface area contributed by atoms with Crippen LogP contribution in [-0.4, -0.2) is 55.3 Å². The molecule has 1 fully saturated rings. The van der Waals surface area contributed by atoms with Crippen LogP contribution in [0.5, 0.6) is 5.88 Å². The average molecular weight is 333 g/mol. The molecule has 1 saturated heterocycles. The molecule has 0 N–H and O–H groups in total. The number of aromatic nitrogens is 4. The van der Waals surface area contributed by atoms with Gasteiger partial charge in [-0.1, -0.05) is 0 Å². The number of ether oxygens (including phenoxy) is 2. The van der Waals surface area contributed by atoms with Crippen molar-refractivity contribution in [2.75, 3.05) is 13.1 Å². The standard InChI is InChI=1S/C16H23N5O3/c1-5-20-10-19-12-13(20)17-9-18-14(12)23-11-6-7-21(8-11)15(22)24-16(2,3)4/h9-11H,5-8H2,1-4H3. The number of aryl methyl sites for hydroxylation is 1. The number of carbonyl (C=O) groups is 1. The first-order chi connectivity index (χ1) is 11.4. The van der Waals surface area contributed by atoms with Crippen molar-refractivity contribution in [2.24, 2.45) is 0 Å². The predicted molar refractivity (Wildman–Crippen MR) is 87.8 cm³/mol. The molecule has 1 atom stereocenters. The van der Waals surface area contributed by atoms with E-state index in [0.29, 0.717) is 24.5 Å². The molecule has 2 aromatic rings. The average Bonchev–Trinajstić information content (AvgIpc) is 3.12. The zero-order valence-corrected chi connectivity index (χ0v) is 14.5. The van der Waals surface area contributed by atoms with Crippen molar-refractivity contribution in [2.45, 2.75) is 52.4 Å². The monoisotopic (exact) mass is 333 g/mol. The number of likely N-dealkylation sites (tertiary alicyclic amines) is 1. The molecule has 8 nitrogen and oxygen atoms in total. The number of amides is 1. The third-order valence-corrected chi connectivity index (χ3v) is 3.78. The first-order valence-electron chi connectivity index (χ1n) is 8.18. The number of imidazole rings is 1. The van der Waals surface area contributed by atoms with Gasteiger partial charge in [-0.05, 0) is 27.7 Å². The van der Waals surface area contributed by atoms with Gasteiger partial charge in [0.25, 0.3) is 0 Å². The maximum absolute atomic E-state index is 12.1. The molecule has 3 heterocycles. The second kappa shape index (κ2) is 6.26. The molecule has 0 aliphatic carbocycles. The highest BCUT2D eigenvalue weighted by Gasteiger charge is 2.31. The maximum atomic E-state index is 12.1. The highest BCUT2D eigenvalue weighted by molar-refractivity contribution is 5.76. The zero-order valence-electron chi connectivity index (χ0n) is 14.5. The van der Waals surface area contributed by atoms with Gasteiger partial charge in [0.15, 0.2) is 11.2 Å². The van der Waals surface area contributed by atoms with E-state index in [2.05, 4.69) is 15.0 Å². The fraction of sp³-hybridized carbons (Fsp3) is 0.625. The summed E-state index contributed by atoms with van der Waals surface area (Å²) >= 11 is 0. The molecule has 3 rings (SSSR count). The summed E-state index contributed by atoms with van der Waals surface area (Å²) < 4.78 is 13.3. The third-order valence-electron chi connectivity index (χ3n) is 3.78. The summed E-state index contributed by atoms with van der Waals surface area (Å²) in [6.45, 7) is 9.47. The van der Waals surface area contributed by atoms with Crippen molar-refractivity contribution in [1.29, 1.82) is 0 Å². The Bertz CT molecular complexity index is 737. The van der Waals surface area contributed by atoms with Gasteiger partial charge < -0.3 is 18.9 Å². The van der Waals surface area contributed by atoms with Gasteiger partial charge >= 0.3 is 6.09 Å². The highest BCUT2D eigenvalue weighted by Crippen LogP contribution is 2.24. The van der Waals surface area contributed by atoms with Gasteiger partial charge in [-0.25, -0.2) is 14.8 Å². The number of hydrogen-bond acceptors (Lipinski definition) is 6. The summed E-state index contributed by atoms with van der Waals surface area (Å²) in [5, 5.41) is 0. The van der Waals surface area contributed by atoms with E-state index in [-0.39, 0.29) is 12.2 Å². The number of rotatable bonds is 3. The molecule has 1 unspecified atom stereocenters. The molecule has 0 spiro atoms. The first kappa shape index (κ1) is 16.5. The number of nitrogens with zero attached hydrogens (tertiary/aromatic N) is 5. The molecule has 0 saturated carbocycles. The van der Waals surface area contributed by atoms with Crippen LogP contribution in [0.15, 0.2) is 12.7 Å².